The molecule has 0 saturated heterocycles. The Morgan fingerprint density at radius 3 is 1.84 bits per heavy atom. The van der Waals surface area contributed by atoms with E-state index in [4.69, 9.17) is 4.42 Å². The van der Waals surface area contributed by atoms with E-state index in [2.05, 4.69) is 157 Å². The molecule has 0 saturated carbocycles. The molecule has 0 unspecified atom stereocenters. The number of hydrogen-bond donors (Lipinski definition) is 0. The third-order valence-corrected chi connectivity index (χ3v) is 8.41. The van der Waals surface area contributed by atoms with E-state index in [-0.39, 0.29) is 0 Å². The van der Waals surface area contributed by atoms with E-state index in [0.29, 0.717) is 0 Å². The summed E-state index contributed by atoms with van der Waals surface area (Å²) >= 11 is 0. The van der Waals surface area contributed by atoms with Gasteiger partial charge in [-0.2, -0.15) is 0 Å². The first kappa shape index (κ1) is 25.1. The molecule has 0 amide bonds. The van der Waals surface area contributed by atoms with E-state index >= 15 is 0 Å². The van der Waals surface area contributed by atoms with E-state index in [1.54, 1.807) is 0 Å². The smallest absolute Gasteiger partial charge is 0.138 e. The fourth-order valence-corrected chi connectivity index (χ4v) is 6.28. The van der Waals surface area contributed by atoms with Gasteiger partial charge in [0.2, 0.25) is 0 Å². The minimum Gasteiger partial charge on any atom is -0.456 e. The van der Waals surface area contributed by atoms with Gasteiger partial charge in [-0.15, -0.1) is 0 Å². The van der Waals surface area contributed by atoms with Crippen LogP contribution in [0.1, 0.15) is 5.56 Å². The number of nitrogens with zero attached hydrogens (tertiary/aromatic N) is 1. The van der Waals surface area contributed by atoms with Crippen LogP contribution in [-0.2, 0) is 0 Å². The van der Waals surface area contributed by atoms with Crippen LogP contribution in [-0.4, -0.2) is 0 Å². The van der Waals surface area contributed by atoms with E-state index < -0.39 is 0 Å². The Labute approximate surface area is 251 Å². The molecule has 43 heavy (non-hydrogen) atoms. The normalized spacial score (nSPS) is 11.4. The van der Waals surface area contributed by atoms with Crippen LogP contribution in [0, 0.1) is 6.92 Å². The van der Waals surface area contributed by atoms with Gasteiger partial charge >= 0.3 is 0 Å². The Hall–Kier alpha value is -5.60. The van der Waals surface area contributed by atoms with Crippen LogP contribution >= 0.6 is 0 Å². The number of furan rings is 1. The first-order valence-corrected chi connectivity index (χ1v) is 14.7. The van der Waals surface area contributed by atoms with Crippen molar-refractivity contribution in [1.29, 1.82) is 0 Å². The number of benzene rings is 7. The van der Waals surface area contributed by atoms with Crippen LogP contribution in [0.15, 0.2) is 162 Å². The fourth-order valence-electron chi connectivity index (χ4n) is 6.28. The van der Waals surface area contributed by atoms with Crippen molar-refractivity contribution in [3.8, 4) is 22.5 Å². The highest BCUT2D eigenvalue weighted by Crippen LogP contribution is 2.41. The third kappa shape index (κ3) is 4.45. The molecule has 0 radical (unpaired) electrons. The Kier molecular flexibility index (Phi) is 6.05. The van der Waals surface area contributed by atoms with Gasteiger partial charge in [0.15, 0.2) is 0 Å². The Morgan fingerprint density at radius 2 is 1.02 bits per heavy atom. The summed E-state index contributed by atoms with van der Waals surface area (Å²) in [5, 5.41) is 6.14. The lowest BCUT2D eigenvalue weighted by Crippen LogP contribution is -2.10. The van der Waals surface area contributed by atoms with Crippen molar-refractivity contribution in [2.24, 2.45) is 0 Å². The number of para-hydroxylation sites is 1. The predicted octanol–water partition coefficient (Wildman–Crippen LogP) is 11.9. The standard InChI is InChI=1S/C41H29NO/c1-28-37-18-7-8-20-40(37)43-41(28)33-15-10-17-35(27-33)42(34-16-9-14-31(25-34)29-11-3-2-4-12-29)36-23-24-39-32(26-36)22-21-30-13-5-6-19-38(30)39/h2-27H,1H3. The van der Waals surface area contributed by atoms with Gasteiger partial charge in [0.05, 0.1) is 0 Å². The van der Waals surface area contributed by atoms with Crippen molar-refractivity contribution >= 4 is 49.6 Å². The molecule has 0 fully saturated rings. The second-order valence-corrected chi connectivity index (χ2v) is 11.0. The Morgan fingerprint density at radius 1 is 0.419 bits per heavy atom. The maximum absolute atomic E-state index is 6.39. The summed E-state index contributed by atoms with van der Waals surface area (Å²) < 4.78 is 6.39. The number of anilines is 3. The molecule has 8 aromatic rings. The fraction of sp³-hybridized carbons (Fsp3) is 0.0244. The minimum absolute atomic E-state index is 0.908. The van der Waals surface area contributed by atoms with Gasteiger partial charge in [-0.05, 0) is 82.1 Å². The molecule has 0 atom stereocenters. The number of aryl methyl sites for hydroxylation is 1. The summed E-state index contributed by atoms with van der Waals surface area (Å²) in [5.74, 6) is 0.908. The lowest BCUT2D eigenvalue weighted by Gasteiger charge is -2.27. The summed E-state index contributed by atoms with van der Waals surface area (Å²) in [5.41, 5.74) is 8.77. The third-order valence-electron chi connectivity index (χ3n) is 8.41. The average Bonchev–Trinajstić information content (AvgIpc) is 3.41. The van der Waals surface area contributed by atoms with Gasteiger partial charge < -0.3 is 9.32 Å². The Balaban J connectivity index is 1.32. The van der Waals surface area contributed by atoms with Gasteiger partial charge in [0, 0.05) is 33.6 Å². The zero-order chi connectivity index (χ0) is 28.8. The van der Waals surface area contributed by atoms with Crippen LogP contribution in [0.2, 0.25) is 0 Å². The summed E-state index contributed by atoms with van der Waals surface area (Å²) in [6, 6.07) is 56.1. The molecule has 1 heterocycles. The maximum Gasteiger partial charge on any atom is 0.138 e. The van der Waals surface area contributed by atoms with Gasteiger partial charge in [-0.1, -0.05) is 115 Å². The summed E-state index contributed by atoms with van der Waals surface area (Å²) in [7, 11) is 0. The zero-order valence-electron chi connectivity index (χ0n) is 23.9. The average molecular weight is 552 g/mol. The van der Waals surface area contributed by atoms with Crippen molar-refractivity contribution in [3.63, 3.8) is 0 Å². The van der Waals surface area contributed by atoms with Crippen molar-refractivity contribution in [1.82, 2.24) is 0 Å². The highest BCUT2D eigenvalue weighted by Gasteiger charge is 2.18. The van der Waals surface area contributed by atoms with E-state index in [1.165, 1.54) is 32.7 Å². The molecule has 0 aliphatic carbocycles. The topological polar surface area (TPSA) is 16.4 Å². The molecule has 0 aliphatic rings. The summed E-state index contributed by atoms with van der Waals surface area (Å²) in [4.78, 5) is 2.35. The van der Waals surface area contributed by atoms with Crippen LogP contribution in [0.5, 0.6) is 0 Å². The SMILES string of the molecule is Cc1c(-c2cccc(N(c3cccc(-c4ccccc4)c3)c3ccc4c(ccc5ccccc54)c3)c2)oc2ccccc12. The molecule has 0 N–H and O–H groups in total. The van der Waals surface area contributed by atoms with E-state index in [9.17, 15) is 0 Å². The second-order valence-electron chi connectivity index (χ2n) is 11.0. The maximum atomic E-state index is 6.39. The van der Waals surface area contributed by atoms with Gasteiger partial charge in [0.25, 0.3) is 0 Å². The van der Waals surface area contributed by atoms with Crippen LogP contribution in [0.4, 0.5) is 17.1 Å². The van der Waals surface area contributed by atoms with Gasteiger partial charge in [0.1, 0.15) is 11.3 Å². The largest absolute Gasteiger partial charge is 0.456 e. The monoisotopic (exact) mass is 551 g/mol. The number of fused-ring (bicyclic) bond motifs is 4. The minimum atomic E-state index is 0.908. The van der Waals surface area contributed by atoms with Crippen LogP contribution < -0.4 is 4.90 Å². The molecule has 0 aliphatic heterocycles. The predicted molar refractivity (Wildman–Crippen MR) is 182 cm³/mol. The summed E-state index contributed by atoms with van der Waals surface area (Å²) in [6.45, 7) is 2.14. The van der Waals surface area contributed by atoms with Gasteiger partial charge in [-0.25, -0.2) is 0 Å². The molecule has 204 valence electrons. The van der Waals surface area contributed by atoms with Crippen molar-refractivity contribution in [2.45, 2.75) is 6.92 Å². The molecule has 2 nitrogen and oxygen atoms in total. The van der Waals surface area contributed by atoms with Crippen molar-refractivity contribution < 1.29 is 4.42 Å². The van der Waals surface area contributed by atoms with Crippen LogP contribution in [0.25, 0.3) is 55.0 Å². The second kappa shape index (κ2) is 10.3. The van der Waals surface area contributed by atoms with Crippen molar-refractivity contribution in [2.75, 3.05) is 4.90 Å². The lowest BCUT2D eigenvalue weighted by atomic mass is 10.0. The highest BCUT2D eigenvalue weighted by molar-refractivity contribution is 6.08. The highest BCUT2D eigenvalue weighted by atomic mass is 16.3. The first-order chi connectivity index (χ1) is 21.2. The van der Waals surface area contributed by atoms with Crippen LogP contribution in [0.3, 0.4) is 0 Å². The first-order valence-electron chi connectivity index (χ1n) is 14.7. The molecular weight excluding hydrogens is 522 g/mol. The lowest BCUT2D eigenvalue weighted by molar-refractivity contribution is 0.629. The molecule has 8 rings (SSSR count). The molecule has 7 aromatic carbocycles. The molecular formula is C41H29NO. The molecule has 1 aromatic heterocycles. The number of hydrogen-bond acceptors (Lipinski definition) is 2. The molecule has 0 bridgehead atoms. The van der Waals surface area contributed by atoms with Crippen molar-refractivity contribution in [3.05, 3.63) is 163 Å². The Bertz CT molecular complexity index is 2260. The quantitative estimate of drug-likeness (QED) is 0.198. The van der Waals surface area contributed by atoms with E-state index in [0.717, 1.165) is 44.9 Å². The van der Waals surface area contributed by atoms with E-state index in [1.807, 2.05) is 12.1 Å². The number of rotatable bonds is 5. The molecule has 0 spiro atoms. The molecule has 2 heteroatoms. The zero-order valence-corrected chi connectivity index (χ0v) is 23.9. The summed E-state index contributed by atoms with van der Waals surface area (Å²) in [6.07, 6.45) is 0. The van der Waals surface area contributed by atoms with Gasteiger partial charge in [-0.3, -0.25) is 0 Å².